The van der Waals surface area contributed by atoms with Gasteiger partial charge in [-0.25, -0.2) is 0 Å². The van der Waals surface area contributed by atoms with E-state index in [0.29, 0.717) is 56.2 Å². The van der Waals surface area contributed by atoms with Gasteiger partial charge in [-0.3, -0.25) is 14.4 Å². The van der Waals surface area contributed by atoms with Gasteiger partial charge in [0.25, 0.3) is 11.8 Å². The fraction of sp³-hybridized carbons (Fsp3) is 0.350. The molecule has 4 rings (SSSR count). The van der Waals surface area contributed by atoms with Crippen molar-refractivity contribution in [3.63, 3.8) is 0 Å². The van der Waals surface area contributed by atoms with Crippen molar-refractivity contribution >= 4 is 23.4 Å². The highest BCUT2D eigenvalue weighted by atomic mass is 16.3. The van der Waals surface area contributed by atoms with Gasteiger partial charge in [-0.1, -0.05) is 12.1 Å². The summed E-state index contributed by atoms with van der Waals surface area (Å²) in [6.45, 7) is 2.46. The number of anilines is 1. The number of nitrogens with zero attached hydrogens (tertiary/aromatic N) is 3. The summed E-state index contributed by atoms with van der Waals surface area (Å²) in [5, 5.41) is 0. The van der Waals surface area contributed by atoms with Crippen LogP contribution in [0.3, 0.4) is 0 Å². The topological polar surface area (TPSA) is 74.1 Å². The number of carbonyl (C=O) groups excluding carboxylic acids is 3. The molecule has 2 saturated heterocycles. The Hall–Kier alpha value is -3.09. The molecule has 0 aliphatic carbocycles. The highest BCUT2D eigenvalue weighted by Crippen LogP contribution is 2.27. The van der Waals surface area contributed by atoms with E-state index in [1.54, 1.807) is 32.9 Å². The molecule has 2 fully saturated rings. The van der Waals surface area contributed by atoms with Crippen molar-refractivity contribution in [3.05, 3.63) is 54.0 Å². The van der Waals surface area contributed by atoms with E-state index in [2.05, 4.69) is 0 Å². The number of hydrogen-bond donors (Lipinski definition) is 0. The van der Waals surface area contributed by atoms with E-state index >= 15 is 0 Å². The normalized spacial score (nSPS) is 17.5. The molecule has 0 saturated carbocycles. The van der Waals surface area contributed by atoms with Gasteiger partial charge in [-0.15, -0.1) is 0 Å². The van der Waals surface area contributed by atoms with Crippen molar-refractivity contribution in [2.24, 2.45) is 0 Å². The number of hydrogen-bond acceptors (Lipinski definition) is 4. The minimum Gasteiger partial charge on any atom is -0.459 e. The van der Waals surface area contributed by atoms with Gasteiger partial charge >= 0.3 is 0 Å². The molecule has 2 aliphatic heterocycles. The van der Waals surface area contributed by atoms with Gasteiger partial charge in [0.1, 0.15) is 0 Å². The van der Waals surface area contributed by atoms with Crippen LogP contribution < -0.4 is 4.90 Å². The molecule has 0 atom stereocenters. The van der Waals surface area contributed by atoms with E-state index in [9.17, 15) is 14.4 Å². The molecule has 3 amide bonds. The Morgan fingerprint density at radius 3 is 2.19 bits per heavy atom. The summed E-state index contributed by atoms with van der Waals surface area (Å²) in [6.07, 6.45) is 2.81. The van der Waals surface area contributed by atoms with E-state index < -0.39 is 0 Å². The van der Waals surface area contributed by atoms with Gasteiger partial charge < -0.3 is 19.1 Å². The van der Waals surface area contributed by atoms with E-state index in [1.807, 2.05) is 18.2 Å². The predicted octanol–water partition coefficient (Wildman–Crippen LogP) is 2.00. The Morgan fingerprint density at radius 2 is 1.56 bits per heavy atom. The van der Waals surface area contributed by atoms with Crippen LogP contribution >= 0.6 is 0 Å². The zero-order valence-corrected chi connectivity index (χ0v) is 15.0. The first kappa shape index (κ1) is 17.3. The molecule has 2 aromatic rings. The van der Waals surface area contributed by atoms with E-state index in [4.69, 9.17) is 4.42 Å². The monoisotopic (exact) mass is 367 g/mol. The molecular formula is C20H21N3O4. The zero-order valence-electron chi connectivity index (χ0n) is 15.0. The second-order valence-corrected chi connectivity index (χ2v) is 6.73. The number of benzene rings is 1. The van der Waals surface area contributed by atoms with Gasteiger partial charge in [-0.2, -0.15) is 0 Å². The summed E-state index contributed by atoms with van der Waals surface area (Å²) < 4.78 is 5.17. The van der Waals surface area contributed by atoms with Gasteiger partial charge in [0, 0.05) is 39.1 Å². The largest absolute Gasteiger partial charge is 0.459 e. The van der Waals surface area contributed by atoms with Crippen LogP contribution in [0.25, 0.3) is 0 Å². The van der Waals surface area contributed by atoms with Crippen molar-refractivity contribution in [1.82, 2.24) is 9.80 Å². The number of para-hydroxylation sites is 1. The molecule has 0 N–H and O–H groups in total. The number of carbonyl (C=O) groups is 3. The number of furan rings is 1. The molecule has 7 heteroatoms. The van der Waals surface area contributed by atoms with Crippen LogP contribution in [0.5, 0.6) is 0 Å². The van der Waals surface area contributed by atoms with E-state index in [-0.39, 0.29) is 17.7 Å². The Labute approximate surface area is 157 Å². The molecule has 1 aromatic heterocycles. The SMILES string of the molecule is O=C(c1ccco1)N1CCN(C(=O)c2ccccc2N2CCCC2=O)CC1. The first-order chi connectivity index (χ1) is 13.1. The Morgan fingerprint density at radius 1 is 0.852 bits per heavy atom. The van der Waals surface area contributed by atoms with E-state index in [0.717, 1.165) is 6.42 Å². The summed E-state index contributed by atoms with van der Waals surface area (Å²) in [5.74, 6) is 0.113. The quantitative estimate of drug-likeness (QED) is 0.832. The zero-order chi connectivity index (χ0) is 18.8. The van der Waals surface area contributed by atoms with Crippen LogP contribution in [-0.4, -0.2) is 60.2 Å². The first-order valence-electron chi connectivity index (χ1n) is 9.16. The van der Waals surface area contributed by atoms with Gasteiger partial charge in [0.2, 0.25) is 5.91 Å². The Kier molecular flexibility index (Phi) is 4.66. The number of rotatable bonds is 3. The van der Waals surface area contributed by atoms with E-state index in [1.165, 1.54) is 6.26 Å². The third kappa shape index (κ3) is 3.32. The molecule has 140 valence electrons. The minimum atomic E-state index is -0.157. The van der Waals surface area contributed by atoms with Crippen LogP contribution in [0, 0.1) is 0 Å². The fourth-order valence-corrected chi connectivity index (χ4v) is 3.63. The average Bonchev–Trinajstić information content (AvgIpc) is 3.39. The van der Waals surface area contributed by atoms with Crippen LogP contribution in [-0.2, 0) is 4.79 Å². The van der Waals surface area contributed by atoms with Crippen LogP contribution in [0.2, 0.25) is 0 Å². The molecule has 0 spiro atoms. The number of piperazine rings is 1. The lowest BCUT2D eigenvalue weighted by molar-refractivity contribution is -0.117. The Balaban J connectivity index is 1.46. The van der Waals surface area contributed by atoms with Crippen molar-refractivity contribution in [2.45, 2.75) is 12.8 Å². The van der Waals surface area contributed by atoms with Crippen LogP contribution in [0.4, 0.5) is 5.69 Å². The smallest absolute Gasteiger partial charge is 0.289 e. The molecule has 1 aromatic carbocycles. The molecule has 2 aliphatic rings. The molecule has 7 nitrogen and oxygen atoms in total. The van der Waals surface area contributed by atoms with Gasteiger partial charge in [0.05, 0.1) is 17.5 Å². The highest BCUT2D eigenvalue weighted by molar-refractivity contribution is 6.05. The second-order valence-electron chi connectivity index (χ2n) is 6.73. The van der Waals surface area contributed by atoms with Crippen molar-refractivity contribution in [3.8, 4) is 0 Å². The van der Waals surface area contributed by atoms with Crippen LogP contribution in [0.15, 0.2) is 47.1 Å². The summed E-state index contributed by atoms with van der Waals surface area (Å²) in [4.78, 5) is 42.6. The molecule has 27 heavy (non-hydrogen) atoms. The third-order valence-electron chi connectivity index (χ3n) is 5.08. The van der Waals surface area contributed by atoms with Crippen LogP contribution in [0.1, 0.15) is 33.8 Å². The van der Waals surface area contributed by atoms with Crippen molar-refractivity contribution < 1.29 is 18.8 Å². The molecular weight excluding hydrogens is 346 g/mol. The lowest BCUT2D eigenvalue weighted by Crippen LogP contribution is -2.50. The summed E-state index contributed by atoms with van der Waals surface area (Å²) in [6, 6.07) is 10.6. The first-order valence-corrected chi connectivity index (χ1v) is 9.16. The maximum atomic E-state index is 13.1. The lowest BCUT2D eigenvalue weighted by Gasteiger charge is -2.35. The highest BCUT2D eigenvalue weighted by Gasteiger charge is 2.30. The third-order valence-corrected chi connectivity index (χ3v) is 5.08. The van der Waals surface area contributed by atoms with Crippen molar-refractivity contribution in [1.29, 1.82) is 0 Å². The average molecular weight is 367 g/mol. The van der Waals surface area contributed by atoms with Gasteiger partial charge in [0.15, 0.2) is 5.76 Å². The fourth-order valence-electron chi connectivity index (χ4n) is 3.63. The number of amides is 3. The predicted molar refractivity (Wildman–Crippen MR) is 98.5 cm³/mol. The second kappa shape index (κ2) is 7.26. The summed E-state index contributed by atoms with van der Waals surface area (Å²) >= 11 is 0. The van der Waals surface area contributed by atoms with Gasteiger partial charge in [-0.05, 0) is 30.7 Å². The minimum absolute atomic E-state index is 0.0594. The lowest BCUT2D eigenvalue weighted by atomic mass is 10.1. The molecule has 0 bridgehead atoms. The Bertz CT molecular complexity index is 854. The molecule has 3 heterocycles. The molecule has 0 unspecified atom stereocenters. The summed E-state index contributed by atoms with van der Waals surface area (Å²) in [7, 11) is 0. The standard InChI is InChI=1S/C20H21N3O4/c24-18-8-3-9-23(18)16-6-2-1-5-15(16)19(25)21-10-12-22(13-11-21)20(26)17-7-4-14-27-17/h1-2,4-7,14H,3,8-13H2. The molecule has 0 radical (unpaired) electrons. The maximum Gasteiger partial charge on any atom is 0.289 e. The maximum absolute atomic E-state index is 13.1. The summed E-state index contributed by atoms with van der Waals surface area (Å²) in [5.41, 5.74) is 1.22. The van der Waals surface area contributed by atoms with Crippen molar-refractivity contribution in [2.75, 3.05) is 37.6 Å².